The van der Waals surface area contributed by atoms with Crippen molar-refractivity contribution < 1.29 is 13.9 Å². The van der Waals surface area contributed by atoms with Gasteiger partial charge < -0.3 is 10.5 Å². The number of benzene rings is 1. The summed E-state index contributed by atoms with van der Waals surface area (Å²) in [7, 11) is 0. The number of nitrogens with zero attached hydrogens (tertiary/aromatic N) is 3. The lowest BCUT2D eigenvalue weighted by atomic mass is 10.2. The molecule has 9 heteroatoms. The summed E-state index contributed by atoms with van der Waals surface area (Å²) in [5, 5.41) is 0. The van der Waals surface area contributed by atoms with E-state index in [9.17, 15) is 9.18 Å². The van der Waals surface area contributed by atoms with Crippen LogP contribution in [0.3, 0.4) is 0 Å². The summed E-state index contributed by atoms with van der Waals surface area (Å²) in [6.07, 6.45) is 4.34. The highest BCUT2D eigenvalue weighted by Gasteiger charge is 2.12. The predicted octanol–water partition coefficient (Wildman–Crippen LogP) is 2.14. The highest BCUT2D eigenvalue weighted by molar-refractivity contribution is 5.95. The third kappa shape index (κ3) is 3.96. The smallest absolute Gasteiger partial charge is 0.269 e. The maximum atomic E-state index is 12.9. The third-order valence-corrected chi connectivity index (χ3v) is 3.10. The Hall–Kier alpha value is -3.75. The number of anilines is 2. The number of halogens is 1. The topological polar surface area (TPSA) is 115 Å². The van der Waals surface area contributed by atoms with Crippen LogP contribution < -0.4 is 21.3 Å². The molecule has 126 valence electrons. The van der Waals surface area contributed by atoms with Crippen molar-refractivity contribution in [1.29, 1.82) is 0 Å². The highest BCUT2D eigenvalue weighted by Crippen LogP contribution is 2.28. The summed E-state index contributed by atoms with van der Waals surface area (Å²) in [5.74, 6) is -0.186. The van der Waals surface area contributed by atoms with Gasteiger partial charge >= 0.3 is 0 Å². The predicted molar refractivity (Wildman–Crippen MR) is 88.2 cm³/mol. The maximum Gasteiger partial charge on any atom is 0.269 e. The number of hydrogen-bond acceptors (Lipinski definition) is 7. The number of hydrogen-bond donors (Lipinski definition) is 3. The summed E-state index contributed by atoms with van der Waals surface area (Å²) < 4.78 is 18.4. The zero-order valence-corrected chi connectivity index (χ0v) is 12.8. The minimum atomic E-state index is -0.479. The SMILES string of the molecule is Nc1c(NNC(=O)c2ccc(F)cc2)ncnc1Oc1cccnc1. The molecule has 0 saturated carbocycles. The number of ether oxygens (including phenoxy) is 1. The van der Waals surface area contributed by atoms with Crippen molar-refractivity contribution in [2.45, 2.75) is 0 Å². The molecule has 0 saturated heterocycles. The minimum absolute atomic E-state index is 0.103. The molecule has 0 bridgehead atoms. The largest absolute Gasteiger partial charge is 0.435 e. The highest BCUT2D eigenvalue weighted by atomic mass is 19.1. The van der Waals surface area contributed by atoms with Crippen LogP contribution in [0.15, 0.2) is 55.1 Å². The van der Waals surface area contributed by atoms with E-state index in [4.69, 9.17) is 10.5 Å². The zero-order chi connectivity index (χ0) is 17.6. The first-order chi connectivity index (χ1) is 12.1. The van der Waals surface area contributed by atoms with Gasteiger partial charge in [0.15, 0.2) is 5.82 Å². The molecule has 0 aliphatic heterocycles. The van der Waals surface area contributed by atoms with Crippen molar-refractivity contribution in [3.8, 4) is 11.6 Å². The van der Waals surface area contributed by atoms with Gasteiger partial charge in [-0.3, -0.25) is 20.6 Å². The Labute approximate surface area is 141 Å². The lowest BCUT2D eigenvalue weighted by Gasteiger charge is -2.12. The zero-order valence-electron chi connectivity index (χ0n) is 12.8. The first-order valence-corrected chi connectivity index (χ1v) is 7.14. The number of rotatable bonds is 5. The second-order valence-electron chi connectivity index (χ2n) is 4.82. The first kappa shape index (κ1) is 16.1. The number of aromatic nitrogens is 3. The minimum Gasteiger partial charge on any atom is -0.435 e. The Kier molecular flexibility index (Phi) is 4.65. The van der Waals surface area contributed by atoms with Crippen molar-refractivity contribution in [3.05, 3.63) is 66.5 Å². The van der Waals surface area contributed by atoms with Gasteiger partial charge in [0, 0.05) is 11.8 Å². The van der Waals surface area contributed by atoms with Crippen LogP contribution in [-0.4, -0.2) is 20.9 Å². The molecule has 0 aliphatic carbocycles. The van der Waals surface area contributed by atoms with E-state index in [0.29, 0.717) is 5.75 Å². The Morgan fingerprint density at radius 2 is 1.96 bits per heavy atom. The standard InChI is InChI=1S/C16H13FN6O2/c17-11-5-3-10(4-6-11)15(24)23-22-14-13(18)16(21-9-20-14)25-12-2-1-7-19-8-12/h1-9H,18H2,(H,23,24)(H,20,21,22). The maximum absolute atomic E-state index is 12.9. The van der Waals surface area contributed by atoms with E-state index in [1.165, 1.54) is 36.8 Å². The average molecular weight is 340 g/mol. The van der Waals surface area contributed by atoms with E-state index in [1.807, 2.05) is 0 Å². The monoisotopic (exact) mass is 340 g/mol. The van der Waals surface area contributed by atoms with Gasteiger partial charge in [-0.1, -0.05) is 0 Å². The lowest BCUT2D eigenvalue weighted by Crippen LogP contribution is -2.30. The van der Waals surface area contributed by atoms with E-state index >= 15 is 0 Å². The van der Waals surface area contributed by atoms with Gasteiger partial charge in [0.25, 0.3) is 5.91 Å². The van der Waals surface area contributed by atoms with Crippen LogP contribution in [0.25, 0.3) is 0 Å². The summed E-state index contributed by atoms with van der Waals surface area (Å²) in [6.45, 7) is 0. The van der Waals surface area contributed by atoms with E-state index in [1.54, 1.807) is 18.3 Å². The van der Waals surface area contributed by atoms with Gasteiger partial charge in [0.2, 0.25) is 5.88 Å². The Morgan fingerprint density at radius 1 is 1.16 bits per heavy atom. The number of nitrogens with one attached hydrogen (secondary N) is 2. The molecule has 0 spiro atoms. The van der Waals surface area contributed by atoms with Crippen LogP contribution in [-0.2, 0) is 0 Å². The normalized spacial score (nSPS) is 10.1. The molecular weight excluding hydrogens is 327 g/mol. The van der Waals surface area contributed by atoms with E-state index < -0.39 is 11.7 Å². The Morgan fingerprint density at radius 3 is 2.68 bits per heavy atom. The van der Waals surface area contributed by atoms with Crippen LogP contribution in [0.2, 0.25) is 0 Å². The molecule has 2 aromatic heterocycles. The fraction of sp³-hybridized carbons (Fsp3) is 0. The number of carbonyl (C=O) groups excluding carboxylic acids is 1. The van der Waals surface area contributed by atoms with Crippen LogP contribution in [0.5, 0.6) is 11.6 Å². The van der Waals surface area contributed by atoms with Crippen molar-refractivity contribution in [2.75, 3.05) is 11.2 Å². The fourth-order valence-corrected chi connectivity index (χ4v) is 1.87. The number of pyridine rings is 1. The van der Waals surface area contributed by atoms with Crippen molar-refractivity contribution >= 4 is 17.4 Å². The van der Waals surface area contributed by atoms with Crippen LogP contribution in [0.1, 0.15) is 10.4 Å². The van der Waals surface area contributed by atoms with Crippen molar-refractivity contribution in [2.24, 2.45) is 0 Å². The molecule has 0 fully saturated rings. The molecule has 8 nitrogen and oxygen atoms in total. The number of amides is 1. The van der Waals surface area contributed by atoms with Crippen molar-refractivity contribution in [3.63, 3.8) is 0 Å². The summed E-state index contributed by atoms with van der Waals surface area (Å²) in [5.41, 5.74) is 11.3. The molecule has 3 aromatic rings. The lowest BCUT2D eigenvalue weighted by molar-refractivity contribution is 0.0962. The van der Waals surface area contributed by atoms with E-state index in [0.717, 1.165) is 0 Å². The second kappa shape index (κ2) is 7.21. The van der Waals surface area contributed by atoms with Gasteiger partial charge in [0.1, 0.15) is 23.6 Å². The molecule has 3 rings (SSSR count). The number of carbonyl (C=O) groups is 1. The quantitative estimate of drug-likeness (QED) is 0.609. The van der Waals surface area contributed by atoms with Gasteiger partial charge in [-0.15, -0.1) is 0 Å². The molecule has 0 aliphatic rings. The molecular formula is C16H13FN6O2. The van der Waals surface area contributed by atoms with Crippen LogP contribution in [0, 0.1) is 5.82 Å². The summed E-state index contributed by atoms with van der Waals surface area (Å²) in [6, 6.07) is 8.48. The molecule has 0 unspecified atom stereocenters. The number of hydrazine groups is 1. The van der Waals surface area contributed by atoms with Gasteiger partial charge in [0.05, 0.1) is 6.20 Å². The second-order valence-corrected chi connectivity index (χ2v) is 4.82. The number of nitrogen functional groups attached to an aromatic ring is 1. The summed E-state index contributed by atoms with van der Waals surface area (Å²) >= 11 is 0. The Balaban J connectivity index is 1.69. The first-order valence-electron chi connectivity index (χ1n) is 7.14. The third-order valence-electron chi connectivity index (χ3n) is 3.10. The molecule has 0 atom stereocenters. The van der Waals surface area contributed by atoms with Crippen LogP contribution in [0.4, 0.5) is 15.9 Å². The average Bonchev–Trinajstić information content (AvgIpc) is 2.63. The molecule has 1 aromatic carbocycles. The molecule has 1 amide bonds. The molecule has 0 radical (unpaired) electrons. The number of nitrogens with two attached hydrogens (primary N) is 1. The molecule has 4 N–H and O–H groups in total. The molecule has 2 heterocycles. The van der Waals surface area contributed by atoms with E-state index in [-0.39, 0.29) is 22.9 Å². The van der Waals surface area contributed by atoms with Gasteiger partial charge in [-0.2, -0.15) is 4.98 Å². The Bertz CT molecular complexity index is 874. The fourth-order valence-electron chi connectivity index (χ4n) is 1.87. The van der Waals surface area contributed by atoms with Crippen LogP contribution >= 0.6 is 0 Å². The van der Waals surface area contributed by atoms with Crippen molar-refractivity contribution in [1.82, 2.24) is 20.4 Å². The van der Waals surface area contributed by atoms with Gasteiger partial charge in [-0.25, -0.2) is 9.37 Å². The van der Waals surface area contributed by atoms with E-state index in [2.05, 4.69) is 25.8 Å². The van der Waals surface area contributed by atoms with Gasteiger partial charge in [-0.05, 0) is 36.4 Å². The summed E-state index contributed by atoms with van der Waals surface area (Å²) in [4.78, 5) is 23.8. The molecule has 25 heavy (non-hydrogen) atoms.